The Bertz CT molecular complexity index is 2750. The van der Waals surface area contributed by atoms with E-state index in [0.717, 1.165) is 11.1 Å². The first-order valence-electron chi connectivity index (χ1n) is 16.2. The van der Waals surface area contributed by atoms with Gasteiger partial charge in [-0.1, -0.05) is 48.5 Å². The van der Waals surface area contributed by atoms with Gasteiger partial charge in [-0.15, -0.1) is 10.2 Å². The monoisotopic (exact) mass is 793 g/mol. The van der Waals surface area contributed by atoms with Crippen molar-refractivity contribution in [1.82, 2.24) is 15.0 Å². The fourth-order valence-electron chi connectivity index (χ4n) is 5.76. The second-order valence-electron chi connectivity index (χ2n) is 12.1. The Hall–Kier alpha value is -6.24. The summed E-state index contributed by atoms with van der Waals surface area (Å²) in [4.78, 5) is 12.4. The van der Waals surface area contributed by atoms with Crippen LogP contribution in [0, 0.1) is 13.8 Å². The number of rotatable bonds is 10. The largest absolute Gasteiger partial charge is 0.324 e. The summed E-state index contributed by atoms with van der Waals surface area (Å²) in [5.74, 6) is 0.354. The van der Waals surface area contributed by atoms with Gasteiger partial charge in [0.15, 0.2) is 0 Å². The van der Waals surface area contributed by atoms with Gasteiger partial charge in [0.05, 0.1) is 22.7 Å². The van der Waals surface area contributed by atoms with Crippen LogP contribution in [0.3, 0.4) is 0 Å². The highest BCUT2D eigenvalue weighted by molar-refractivity contribution is 7.86. The van der Waals surface area contributed by atoms with Gasteiger partial charge in [-0.05, 0) is 97.2 Å². The van der Waals surface area contributed by atoms with Gasteiger partial charge in [-0.2, -0.15) is 42.0 Å². The maximum absolute atomic E-state index is 11.9. The summed E-state index contributed by atoms with van der Waals surface area (Å²) in [6, 6.07) is 29.6. The third kappa shape index (κ3) is 8.30. The van der Waals surface area contributed by atoms with Gasteiger partial charge in [0.2, 0.25) is 17.2 Å². The Balaban J connectivity index is 1.06. The number of aromatic nitrogens is 3. The van der Waals surface area contributed by atoms with E-state index in [1.54, 1.807) is 72.8 Å². The second kappa shape index (κ2) is 14.9. The van der Waals surface area contributed by atoms with Crippen LogP contribution in [-0.2, 0) is 20.2 Å². The standard InChI is InChI=1S/C37H28ClN9O6S2/c1-21-19-23(11-13-29(21)44-46-31-15-17-33(54(48,49)50)27-9-5-3-7-25(27)31)39-36-41-35(38)42-37(43-36)40-24-12-14-30(22(2)20-24)45-47-32-16-18-34(55(51,52)53)28-10-6-4-8-26(28)32/h3-20H,1-2H3,(H,48,49,50)(H,51,52,53)(H2,39,40,41,42,43). The lowest BCUT2D eigenvalue weighted by Crippen LogP contribution is -2.04. The average molecular weight is 794 g/mol. The van der Waals surface area contributed by atoms with E-state index < -0.39 is 20.2 Å². The minimum absolute atomic E-state index is 0.0521. The molecule has 6 aromatic carbocycles. The molecule has 7 aromatic rings. The van der Waals surface area contributed by atoms with Gasteiger partial charge in [0.1, 0.15) is 9.79 Å². The van der Waals surface area contributed by atoms with Crippen LogP contribution < -0.4 is 10.6 Å². The van der Waals surface area contributed by atoms with Crippen LogP contribution in [0.1, 0.15) is 11.1 Å². The molecule has 55 heavy (non-hydrogen) atoms. The lowest BCUT2D eigenvalue weighted by atomic mass is 10.1. The number of halogens is 1. The molecule has 0 amide bonds. The van der Waals surface area contributed by atoms with E-state index in [1.807, 2.05) is 26.0 Å². The van der Waals surface area contributed by atoms with Crippen molar-refractivity contribution in [3.05, 3.63) is 126 Å². The van der Waals surface area contributed by atoms with Crippen LogP contribution in [0.15, 0.2) is 139 Å². The molecule has 7 rings (SSSR count). The molecule has 1 heterocycles. The van der Waals surface area contributed by atoms with Gasteiger partial charge >= 0.3 is 0 Å². The topological polar surface area (TPSA) is 221 Å². The number of nitrogens with one attached hydrogen (secondary N) is 2. The Morgan fingerprint density at radius 1 is 0.509 bits per heavy atom. The van der Waals surface area contributed by atoms with Crippen molar-refractivity contribution in [2.75, 3.05) is 10.6 Å². The van der Waals surface area contributed by atoms with Crippen molar-refractivity contribution < 1.29 is 25.9 Å². The summed E-state index contributed by atoms with van der Waals surface area (Å²) in [5.41, 5.74) is 4.79. The minimum Gasteiger partial charge on any atom is -0.324 e. The van der Waals surface area contributed by atoms with E-state index in [2.05, 4.69) is 46.0 Å². The van der Waals surface area contributed by atoms with E-state index in [9.17, 15) is 25.9 Å². The Labute approximate surface area is 319 Å². The molecule has 0 unspecified atom stereocenters. The molecule has 0 spiro atoms. The van der Waals surface area contributed by atoms with Gasteiger partial charge in [0.25, 0.3) is 20.2 Å². The summed E-state index contributed by atoms with van der Waals surface area (Å²) >= 11 is 6.26. The molecule has 276 valence electrons. The molecule has 0 bridgehead atoms. The summed E-state index contributed by atoms with van der Waals surface area (Å²) in [6.45, 7) is 3.69. The number of azo groups is 2. The number of hydrogen-bond acceptors (Lipinski definition) is 13. The number of anilines is 4. The van der Waals surface area contributed by atoms with Gasteiger partial charge in [0, 0.05) is 32.9 Å². The highest BCUT2D eigenvalue weighted by atomic mass is 35.5. The van der Waals surface area contributed by atoms with Crippen LogP contribution in [0.25, 0.3) is 21.5 Å². The van der Waals surface area contributed by atoms with Crippen LogP contribution in [0.5, 0.6) is 0 Å². The van der Waals surface area contributed by atoms with Crippen molar-refractivity contribution in [3.8, 4) is 0 Å². The predicted molar refractivity (Wildman–Crippen MR) is 210 cm³/mol. The highest BCUT2D eigenvalue weighted by Crippen LogP contribution is 2.35. The molecular formula is C37H28ClN9O6S2. The Kier molecular flexibility index (Phi) is 10.0. The molecule has 18 heteroatoms. The minimum atomic E-state index is -4.42. The zero-order valence-electron chi connectivity index (χ0n) is 28.7. The molecule has 0 atom stereocenters. The summed E-state index contributed by atoms with van der Waals surface area (Å²) < 4.78 is 66.7. The SMILES string of the molecule is Cc1cc(Nc2nc(Cl)nc(Nc3ccc(N=Nc4ccc(S(=O)(=O)O)c5ccccc45)c(C)c3)n2)ccc1N=Nc1ccc(S(=O)(=O)O)c2ccccc12. The fraction of sp³-hybridized carbons (Fsp3) is 0.0541. The van der Waals surface area contributed by atoms with Gasteiger partial charge in [-0.25, -0.2) is 0 Å². The Morgan fingerprint density at radius 2 is 0.873 bits per heavy atom. The van der Waals surface area contributed by atoms with Crippen molar-refractivity contribution in [1.29, 1.82) is 0 Å². The van der Waals surface area contributed by atoms with E-state index >= 15 is 0 Å². The van der Waals surface area contributed by atoms with E-state index in [4.69, 9.17) is 11.6 Å². The quantitative estimate of drug-likeness (QED) is 0.0753. The van der Waals surface area contributed by atoms with Crippen molar-refractivity contribution in [2.24, 2.45) is 20.5 Å². The predicted octanol–water partition coefficient (Wildman–Crippen LogP) is 10.3. The number of fused-ring (bicyclic) bond motifs is 2. The average Bonchev–Trinajstić information content (AvgIpc) is 3.13. The number of nitrogens with zero attached hydrogens (tertiary/aromatic N) is 7. The van der Waals surface area contributed by atoms with Crippen LogP contribution in [-0.4, -0.2) is 40.9 Å². The molecule has 0 saturated carbocycles. The van der Waals surface area contributed by atoms with Crippen LogP contribution in [0.4, 0.5) is 46.0 Å². The number of aryl methyl sites for hydroxylation is 2. The maximum atomic E-state index is 11.9. The van der Waals surface area contributed by atoms with E-state index in [0.29, 0.717) is 55.7 Å². The number of hydrogen-bond donors (Lipinski definition) is 4. The summed E-state index contributed by atoms with van der Waals surface area (Å²) in [6.07, 6.45) is 0. The van der Waals surface area contributed by atoms with Crippen molar-refractivity contribution in [3.63, 3.8) is 0 Å². The molecule has 1 aromatic heterocycles. The fourth-order valence-corrected chi connectivity index (χ4v) is 7.31. The first kappa shape index (κ1) is 37.1. The van der Waals surface area contributed by atoms with Crippen LogP contribution in [0.2, 0.25) is 5.28 Å². The van der Waals surface area contributed by atoms with E-state index in [-0.39, 0.29) is 27.0 Å². The smallest absolute Gasteiger partial charge is 0.295 e. The summed E-state index contributed by atoms with van der Waals surface area (Å²) in [7, 11) is -8.85. The zero-order valence-corrected chi connectivity index (χ0v) is 31.1. The first-order chi connectivity index (χ1) is 26.2. The zero-order chi connectivity index (χ0) is 38.9. The molecule has 0 aliphatic rings. The third-order valence-electron chi connectivity index (χ3n) is 8.32. The molecule has 0 fully saturated rings. The molecule has 0 radical (unpaired) electrons. The Morgan fingerprint density at radius 3 is 1.25 bits per heavy atom. The normalized spacial score (nSPS) is 12.2. The van der Waals surface area contributed by atoms with E-state index in [1.165, 1.54) is 24.3 Å². The van der Waals surface area contributed by atoms with Crippen LogP contribution >= 0.6 is 11.6 Å². The lowest BCUT2D eigenvalue weighted by Gasteiger charge is -2.10. The molecule has 4 N–H and O–H groups in total. The third-order valence-corrected chi connectivity index (χ3v) is 10.3. The number of benzene rings is 6. The second-order valence-corrected chi connectivity index (χ2v) is 15.2. The maximum Gasteiger partial charge on any atom is 0.295 e. The molecular weight excluding hydrogens is 766 g/mol. The molecule has 0 aliphatic heterocycles. The van der Waals surface area contributed by atoms with Gasteiger partial charge in [-0.3, -0.25) is 9.11 Å². The molecule has 0 aliphatic carbocycles. The molecule has 15 nitrogen and oxygen atoms in total. The van der Waals surface area contributed by atoms with Crippen molar-refractivity contribution >= 4 is 99.4 Å². The molecule has 0 saturated heterocycles. The lowest BCUT2D eigenvalue weighted by molar-refractivity contribution is 0.482. The first-order valence-corrected chi connectivity index (χ1v) is 19.5. The summed E-state index contributed by atoms with van der Waals surface area (Å²) in [5, 5.41) is 25.3. The van der Waals surface area contributed by atoms with Crippen molar-refractivity contribution in [2.45, 2.75) is 23.6 Å². The highest BCUT2D eigenvalue weighted by Gasteiger charge is 2.17. The van der Waals surface area contributed by atoms with Gasteiger partial charge < -0.3 is 10.6 Å².